The zero-order valence-electron chi connectivity index (χ0n) is 10.5. The fraction of sp³-hybridized carbons (Fsp3) is 0. The molecule has 98 valence electrons. The van der Waals surface area contributed by atoms with Gasteiger partial charge in [-0.15, -0.1) is 0 Å². The highest BCUT2D eigenvalue weighted by atomic mass is 127. The van der Waals surface area contributed by atoms with Crippen molar-refractivity contribution in [3.8, 4) is 0 Å². The first-order chi connectivity index (χ1) is 9.33. The van der Waals surface area contributed by atoms with Crippen LogP contribution in [0, 0.1) is 0 Å². The Balaban J connectivity index is 0.00000121. The van der Waals surface area contributed by atoms with Crippen molar-refractivity contribution in [2.75, 3.05) is 0 Å². The Bertz CT molecular complexity index is 992. The van der Waals surface area contributed by atoms with Gasteiger partial charge in [0, 0.05) is 11.5 Å². The van der Waals surface area contributed by atoms with Gasteiger partial charge in [0.05, 0.1) is 0 Å². The molecule has 4 rings (SSSR count). The highest BCUT2D eigenvalue weighted by Gasteiger charge is 2.11. The second kappa shape index (κ2) is 4.86. The van der Waals surface area contributed by atoms with E-state index < -0.39 is 0 Å². The first kappa shape index (κ1) is 13.1. The third-order valence-electron chi connectivity index (χ3n) is 3.47. The number of nitrogens with zero attached hydrogens (tertiary/aromatic N) is 1. The molecule has 2 heterocycles. The molecule has 0 spiro atoms. The Morgan fingerprint density at radius 2 is 1.60 bits per heavy atom. The van der Waals surface area contributed by atoms with E-state index in [0.29, 0.717) is 5.39 Å². The van der Waals surface area contributed by atoms with Crippen molar-refractivity contribution in [2.24, 2.45) is 0 Å². The van der Waals surface area contributed by atoms with Crippen molar-refractivity contribution in [1.82, 2.24) is 4.98 Å². The normalized spacial score (nSPS) is 10.8. The van der Waals surface area contributed by atoms with Crippen molar-refractivity contribution in [1.29, 1.82) is 0 Å². The van der Waals surface area contributed by atoms with E-state index in [0.717, 1.165) is 21.9 Å². The van der Waals surface area contributed by atoms with Crippen LogP contribution in [0.4, 0.5) is 0 Å². The topological polar surface area (TPSA) is 37.0 Å². The van der Waals surface area contributed by atoms with E-state index in [1.54, 1.807) is 0 Å². The molecule has 0 aliphatic carbocycles. The first-order valence-corrected chi connectivity index (χ1v) is 6.18. The molecular formula is C16H11IN2O. The summed E-state index contributed by atoms with van der Waals surface area (Å²) in [4.78, 5) is 15.0. The first-order valence-electron chi connectivity index (χ1n) is 6.18. The number of H-pyrrole nitrogens is 1. The summed E-state index contributed by atoms with van der Waals surface area (Å²) in [7, 11) is 0. The Labute approximate surface area is 131 Å². The number of pyridine rings is 1. The Kier molecular flexibility index (Phi) is 3.17. The van der Waals surface area contributed by atoms with Crippen molar-refractivity contribution >= 4 is 27.3 Å². The summed E-state index contributed by atoms with van der Waals surface area (Å²) in [6.07, 6.45) is 2.06. The molecule has 0 aliphatic rings. The number of rotatable bonds is 0. The Morgan fingerprint density at radius 1 is 0.900 bits per heavy atom. The van der Waals surface area contributed by atoms with E-state index in [9.17, 15) is 4.79 Å². The molecule has 4 aromatic rings. The molecule has 0 fully saturated rings. The van der Waals surface area contributed by atoms with Gasteiger partial charge in [-0.25, -0.2) is 9.78 Å². The van der Waals surface area contributed by atoms with Crippen LogP contribution in [0.1, 0.15) is 0 Å². The summed E-state index contributed by atoms with van der Waals surface area (Å²) in [6.45, 7) is 0. The van der Waals surface area contributed by atoms with Crippen molar-refractivity contribution in [3.63, 3.8) is 0 Å². The average Bonchev–Trinajstić information content (AvgIpc) is 2.46. The monoisotopic (exact) mass is 374 g/mol. The van der Waals surface area contributed by atoms with Crippen LogP contribution in [0.25, 0.3) is 27.3 Å². The van der Waals surface area contributed by atoms with Gasteiger partial charge < -0.3 is 24.0 Å². The fourth-order valence-electron chi connectivity index (χ4n) is 2.54. The highest BCUT2D eigenvalue weighted by Crippen LogP contribution is 2.13. The van der Waals surface area contributed by atoms with E-state index in [1.807, 2.05) is 52.9 Å². The lowest BCUT2D eigenvalue weighted by Gasteiger charge is -2.01. The molecular weight excluding hydrogens is 363 g/mol. The summed E-state index contributed by atoms with van der Waals surface area (Å²) >= 11 is 0. The largest absolute Gasteiger partial charge is 1.00 e. The number of fused-ring (bicyclic) bond motifs is 4. The van der Waals surface area contributed by atoms with Gasteiger partial charge in [-0.05, 0) is 17.5 Å². The summed E-state index contributed by atoms with van der Waals surface area (Å²) < 4.78 is 2.03. The Morgan fingerprint density at radius 3 is 2.45 bits per heavy atom. The van der Waals surface area contributed by atoms with Crippen LogP contribution in [0.5, 0.6) is 0 Å². The van der Waals surface area contributed by atoms with Crippen molar-refractivity contribution < 1.29 is 28.4 Å². The number of nitrogens with one attached hydrogen (secondary N) is 1. The second-order valence-corrected chi connectivity index (χ2v) is 4.63. The number of aromatic amines is 1. The maximum Gasteiger partial charge on any atom is 0.343 e. The minimum absolute atomic E-state index is 0. The zero-order chi connectivity index (χ0) is 12.8. The predicted molar refractivity (Wildman–Crippen MR) is 75.2 cm³/mol. The van der Waals surface area contributed by atoms with Crippen LogP contribution < -0.4 is 33.9 Å². The molecule has 0 atom stereocenters. The van der Waals surface area contributed by atoms with Gasteiger partial charge in [0.25, 0.3) is 5.65 Å². The molecule has 1 N–H and O–H groups in total. The van der Waals surface area contributed by atoms with Gasteiger partial charge in [-0.2, -0.15) is 4.40 Å². The SMILES string of the molecule is O=c1[nH]c2cc3ccccc3c[n+]2c2ccccc12.[I-]. The quantitative estimate of drug-likeness (QED) is 0.190. The van der Waals surface area contributed by atoms with Crippen LogP contribution in [-0.4, -0.2) is 4.98 Å². The van der Waals surface area contributed by atoms with E-state index in [1.165, 1.54) is 0 Å². The van der Waals surface area contributed by atoms with Crippen LogP contribution in [0.15, 0.2) is 65.6 Å². The molecule has 0 unspecified atom stereocenters. The molecule has 0 saturated carbocycles. The van der Waals surface area contributed by atoms with Crippen LogP contribution >= 0.6 is 0 Å². The molecule has 20 heavy (non-hydrogen) atoms. The third-order valence-corrected chi connectivity index (χ3v) is 3.47. The smallest absolute Gasteiger partial charge is 0.343 e. The number of aromatic nitrogens is 2. The predicted octanol–water partition coefficient (Wildman–Crippen LogP) is -0.576. The number of hydrogen-bond acceptors (Lipinski definition) is 1. The minimum Gasteiger partial charge on any atom is -1.00 e. The number of para-hydroxylation sites is 1. The van der Waals surface area contributed by atoms with Crippen LogP contribution in [-0.2, 0) is 0 Å². The summed E-state index contributed by atoms with van der Waals surface area (Å²) in [5.41, 5.74) is 1.68. The number of hydrogen-bond donors (Lipinski definition) is 1. The standard InChI is InChI=1S/C16H10N2O.HI/c19-16-13-7-3-4-8-14(13)18-10-12-6-2-1-5-11(12)9-15(18)17-16;/h1-10H;1H. The minimum atomic E-state index is -0.0501. The van der Waals surface area contributed by atoms with Crippen LogP contribution in [0.3, 0.4) is 0 Å². The molecule has 0 radical (unpaired) electrons. The Hall–Kier alpha value is -1.95. The number of benzene rings is 2. The molecule has 0 saturated heterocycles. The summed E-state index contributed by atoms with van der Waals surface area (Å²) in [5, 5.41) is 2.97. The lowest BCUT2D eigenvalue weighted by Crippen LogP contribution is -3.00. The van der Waals surface area contributed by atoms with E-state index in [2.05, 4.69) is 17.2 Å². The summed E-state index contributed by atoms with van der Waals surface area (Å²) in [6, 6.07) is 17.8. The van der Waals surface area contributed by atoms with Gasteiger partial charge >= 0.3 is 5.56 Å². The fourth-order valence-corrected chi connectivity index (χ4v) is 2.54. The molecule has 0 amide bonds. The van der Waals surface area contributed by atoms with Gasteiger partial charge in [-0.1, -0.05) is 36.4 Å². The lowest BCUT2D eigenvalue weighted by atomic mass is 10.1. The molecule has 3 nitrogen and oxygen atoms in total. The maximum atomic E-state index is 12.1. The maximum absolute atomic E-state index is 12.1. The highest BCUT2D eigenvalue weighted by molar-refractivity contribution is 5.84. The lowest BCUT2D eigenvalue weighted by molar-refractivity contribution is -0.482. The van der Waals surface area contributed by atoms with Crippen molar-refractivity contribution in [3.05, 3.63) is 71.1 Å². The second-order valence-electron chi connectivity index (χ2n) is 4.63. The van der Waals surface area contributed by atoms with E-state index in [4.69, 9.17) is 0 Å². The molecule has 0 bridgehead atoms. The van der Waals surface area contributed by atoms with E-state index >= 15 is 0 Å². The van der Waals surface area contributed by atoms with Gasteiger partial charge in [-0.3, -0.25) is 0 Å². The molecule has 0 aliphatic heterocycles. The van der Waals surface area contributed by atoms with Crippen LogP contribution in [0.2, 0.25) is 0 Å². The van der Waals surface area contributed by atoms with Gasteiger partial charge in [0.1, 0.15) is 17.1 Å². The third kappa shape index (κ3) is 1.87. The van der Waals surface area contributed by atoms with Gasteiger partial charge in [0.2, 0.25) is 0 Å². The molecule has 2 aromatic carbocycles. The number of halogens is 1. The van der Waals surface area contributed by atoms with Crippen molar-refractivity contribution in [2.45, 2.75) is 0 Å². The zero-order valence-corrected chi connectivity index (χ0v) is 12.7. The average molecular weight is 374 g/mol. The van der Waals surface area contributed by atoms with Gasteiger partial charge in [0.15, 0.2) is 0 Å². The summed E-state index contributed by atoms with van der Waals surface area (Å²) in [5.74, 6) is 0. The molecule has 4 heteroatoms. The molecule has 2 aromatic heterocycles. The van der Waals surface area contributed by atoms with E-state index in [-0.39, 0.29) is 29.5 Å².